The Labute approximate surface area is 94.3 Å². The highest BCUT2D eigenvalue weighted by Gasteiger charge is 1.90. The fourth-order valence-electron chi connectivity index (χ4n) is 0.932. The third-order valence-electron chi connectivity index (χ3n) is 1.55. The zero-order valence-electron chi connectivity index (χ0n) is 8.89. The van der Waals surface area contributed by atoms with Gasteiger partial charge in [0.05, 0.1) is 12.9 Å². The lowest BCUT2D eigenvalue weighted by atomic mass is 10.2. The highest BCUT2D eigenvalue weighted by molar-refractivity contribution is 5.72. The smallest absolute Gasteiger partial charge is 0.322 e. The molecule has 0 amide bonds. The molecule has 0 unspecified atom stereocenters. The van der Waals surface area contributed by atoms with Crippen molar-refractivity contribution in [1.82, 2.24) is 5.32 Å². The molecule has 86 valence electrons. The van der Waals surface area contributed by atoms with Gasteiger partial charge in [-0.3, -0.25) is 9.79 Å². The monoisotopic (exact) mass is 221 g/mol. The number of nitrogens with zero attached hydrogens (tertiary/aromatic N) is 1. The lowest BCUT2D eigenvalue weighted by Crippen LogP contribution is -2.20. The Balaban J connectivity index is 0.00000106. The molecule has 1 aromatic rings. The zero-order chi connectivity index (χ0) is 12.2. The molecule has 0 aliphatic heterocycles. The average Bonchev–Trinajstić information content (AvgIpc) is 2.32. The molecule has 0 aromatic heterocycles. The molecule has 0 heterocycles. The maximum atomic E-state index is 10.1. The predicted octanol–water partition coefficient (Wildman–Crippen LogP) is 1.15. The van der Waals surface area contributed by atoms with Crippen molar-refractivity contribution in [1.29, 1.82) is 5.41 Å². The highest BCUT2D eigenvalue weighted by Crippen LogP contribution is 1.98. The quantitative estimate of drug-likeness (QED) is 0.515. The van der Waals surface area contributed by atoms with Gasteiger partial charge in [0.15, 0.2) is 0 Å². The first-order chi connectivity index (χ1) is 7.79. The standard InChI is InChI=1S/C10H12N2O2.CH3N/c13-10(14)7-12-8-11-6-9-4-2-1-3-5-9;1-2/h1-5,8H,6-7H2,(H,11,12)(H,13,14);2H,1H2. The summed E-state index contributed by atoms with van der Waals surface area (Å²) in [6.45, 7) is 2.96. The van der Waals surface area contributed by atoms with Crippen LogP contribution >= 0.6 is 0 Å². The average molecular weight is 221 g/mol. The first-order valence-corrected chi connectivity index (χ1v) is 4.62. The minimum atomic E-state index is -0.892. The van der Waals surface area contributed by atoms with E-state index in [1.54, 1.807) is 0 Å². The highest BCUT2D eigenvalue weighted by atomic mass is 16.4. The van der Waals surface area contributed by atoms with Crippen LogP contribution in [-0.4, -0.2) is 30.7 Å². The summed E-state index contributed by atoms with van der Waals surface area (Å²) in [5.74, 6) is -0.892. The van der Waals surface area contributed by atoms with Gasteiger partial charge in [-0.1, -0.05) is 30.3 Å². The van der Waals surface area contributed by atoms with Crippen LogP contribution < -0.4 is 5.32 Å². The summed E-state index contributed by atoms with van der Waals surface area (Å²) < 4.78 is 0. The Bertz CT molecular complexity index is 325. The van der Waals surface area contributed by atoms with Crippen LogP contribution in [0, 0.1) is 5.41 Å². The van der Waals surface area contributed by atoms with E-state index in [4.69, 9.17) is 10.5 Å². The van der Waals surface area contributed by atoms with Crippen molar-refractivity contribution in [2.75, 3.05) is 6.54 Å². The molecular formula is C11H15N3O2. The molecule has 0 bridgehead atoms. The van der Waals surface area contributed by atoms with Gasteiger partial charge in [-0.05, 0) is 12.3 Å². The van der Waals surface area contributed by atoms with Crippen LogP contribution in [-0.2, 0) is 11.3 Å². The number of hydrogen-bond donors (Lipinski definition) is 3. The topological polar surface area (TPSA) is 85.5 Å². The Kier molecular flexibility index (Phi) is 8.11. The fraction of sp³-hybridized carbons (Fsp3) is 0.182. The number of nitrogens with one attached hydrogen (secondary N) is 2. The Hall–Kier alpha value is -2.17. The summed E-state index contributed by atoms with van der Waals surface area (Å²) >= 11 is 0. The zero-order valence-corrected chi connectivity index (χ0v) is 8.89. The molecule has 1 rings (SSSR count). The van der Waals surface area contributed by atoms with Crippen LogP contribution in [0.4, 0.5) is 0 Å². The number of aliphatic carboxylic acids is 1. The number of hydrogen-bond acceptors (Lipinski definition) is 3. The molecule has 0 saturated heterocycles. The van der Waals surface area contributed by atoms with E-state index < -0.39 is 5.97 Å². The van der Waals surface area contributed by atoms with Gasteiger partial charge in [-0.15, -0.1) is 0 Å². The number of carboxylic acid groups (broad SMARTS) is 1. The molecule has 0 fully saturated rings. The lowest BCUT2D eigenvalue weighted by molar-refractivity contribution is -0.135. The minimum absolute atomic E-state index is 0.0989. The summed E-state index contributed by atoms with van der Waals surface area (Å²) in [4.78, 5) is 14.1. The molecule has 0 aliphatic carbocycles. The Morgan fingerprint density at radius 3 is 2.62 bits per heavy atom. The van der Waals surface area contributed by atoms with Crippen molar-refractivity contribution < 1.29 is 9.90 Å². The molecule has 5 nitrogen and oxygen atoms in total. The van der Waals surface area contributed by atoms with Crippen LogP contribution in [0.5, 0.6) is 0 Å². The fourth-order valence-corrected chi connectivity index (χ4v) is 0.932. The van der Waals surface area contributed by atoms with Gasteiger partial charge in [0.1, 0.15) is 6.54 Å². The van der Waals surface area contributed by atoms with Crippen molar-refractivity contribution in [2.24, 2.45) is 4.99 Å². The molecule has 3 N–H and O–H groups in total. The SMILES string of the molecule is C=N.O=C(O)CNC=NCc1ccccc1. The maximum absolute atomic E-state index is 10.1. The Morgan fingerprint density at radius 1 is 1.44 bits per heavy atom. The number of benzene rings is 1. The first-order valence-electron chi connectivity index (χ1n) is 4.62. The number of rotatable bonds is 5. The summed E-state index contributed by atoms with van der Waals surface area (Å²) in [6.07, 6.45) is 1.42. The van der Waals surface area contributed by atoms with Crippen LogP contribution in [0.15, 0.2) is 35.3 Å². The molecule has 0 radical (unpaired) electrons. The van der Waals surface area contributed by atoms with Gasteiger partial charge in [-0.25, -0.2) is 0 Å². The van der Waals surface area contributed by atoms with Gasteiger partial charge in [0, 0.05) is 0 Å². The molecule has 0 atom stereocenters. The number of carbonyl (C=O) groups is 1. The van der Waals surface area contributed by atoms with E-state index in [0.29, 0.717) is 6.54 Å². The lowest BCUT2D eigenvalue weighted by Gasteiger charge is -1.95. The van der Waals surface area contributed by atoms with Gasteiger partial charge < -0.3 is 15.8 Å². The molecule has 0 spiro atoms. The van der Waals surface area contributed by atoms with Gasteiger partial charge in [0.2, 0.25) is 0 Å². The van der Waals surface area contributed by atoms with E-state index in [-0.39, 0.29) is 6.54 Å². The van der Waals surface area contributed by atoms with Crippen LogP contribution in [0.1, 0.15) is 5.56 Å². The van der Waals surface area contributed by atoms with Crippen molar-refractivity contribution >= 4 is 19.0 Å². The molecule has 0 aliphatic rings. The van der Waals surface area contributed by atoms with Gasteiger partial charge >= 0.3 is 5.97 Å². The van der Waals surface area contributed by atoms with E-state index >= 15 is 0 Å². The van der Waals surface area contributed by atoms with Crippen molar-refractivity contribution in [2.45, 2.75) is 6.54 Å². The first kappa shape index (κ1) is 13.8. The molecular weight excluding hydrogens is 206 g/mol. The van der Waals surface area contributed by atoms with Crippen molar-refractivity contribution in [3.63, 3.8) is 0 Å². The molecule has 5 heteroatoms. The second-order valence-corrected chi connectivity index (χ2v) is 2.73. The van der Waals surface area contributed by atoms with Crippen LogP contribution in [0.2, 0.25) is 0 Å². The third-order valence-corrected chi connectivity index (χ3v) is 1.55. The van der Waals surface area contributed by atoms with E-state index in [9.17, 15) is 4.79 Å². The second kappa shape index (κ2) is 9.39. The normalized spacial score (nSPS) is 9.25. The van der Waals surface area contributed by atoms with Crippen molar-refractivity contribution in [3.8, 4) is 0 Å². The third kappa shape index (κ3) is 7.25. The molecule has 16 heavy (non-hydrogen) atoms. The minimum Gasteiger partial charge on any atom is -0.480 e. The summed E-state index contributed by atoms with van der Waals surface area (Å²) in [5, 5.41) is 16.4. The van der Waals surface area contributed by atoms with Crippen LogP contribution in [0.3, 0.4) is 0 Å². The number of carboxylic acids is 1. The maximum Gasteiger partial charge on any atom is 0.322 e. The van der Waals surface area contributed by atoms with Crippen LogP contribution in [0.25, 0.3) is 0 Å². The molecule has 1 aromatic carbocycles. The predicted molar refractivity (Wildman–Crippen MR) is 64.1 cm³/mol. The second-order valence-electron chi connectivity index (χ2n) is 2.73. The summed E-state index contributed by atoms with van der Waals surface area (Å²) in [6, 6.07) is 9.75. The van der Waals surface area contributed by atoms with Crippen molar-refractivity contribution in [3.05, 3.63) is 35.9 Å². The van der Waals surface area contributed by atoms with E-state index in [1.807, 2.05) is 30.3 Å². The summed E-state index contributed by atoms with van der Waals surface area (Å²) in [5.41, 5.74) is 1.10. The summed E-state index contributed by atoms with van der Waals surface area (Å²) in [7, 11) is 0. The number of aliphatic imine (C=N–C) groups is 1. The van der Waals surface area contributed by atoms with E-state index in [0.717, 1.165) is 5.56 Å². The van der Waals surface area contributed by atoms with Gasteiger partial charge in [-0.2, -0.15) is 0 Å². The largest absolute Gasteiger partial charge is 0.480 e. The van der Waals surface area contributed by atoms with E-state index in [1.165, 1.54) is 6.34 Å². The van der Waals surface area contributed by atoms with Gasteiger partial charge in [0.25, 0.3) is 0 Å². The van der Waals surface area contributed by atoms with E-state index in [2.05, 4.69) is 17.0 Å². The Morgan fingerprint density at radius 2 is 2.06 bits per heavy atom. The molecule has 0 saturated carbocycles.